The molecule has 1 amide bonds. The molecule has 0 saturated carbocycles. The van der Waals surface area contributed by atoms with Crippen LogP contribution in [0.15, 0.2) is 18.3 Å². The van der Waals surface area contributed by atoms with E-state index < -0.39 is 0 Å². The van der Waals surface area contributed by atoms with Crippen LogP contribution in [0.1, 0.15) is 35.5 Å². The van der Waals surface area contributed by atoms with Crippen molar-refractivity contribution in [2.45, 2.75) is 27.2 Å². The summed E-state index contributed by atoms with van der Waals surface area (Å²) < 4.78 is 11.1. The molecule has 130 valence electrons. The van der Waals surface area contributed by atoms with E-state index in [1.165, 1.54) is 18.4 Å². The molecule has 0 aliphatic heterocycles. The minimum atomic E-state index is -0.293. The smallest absolute Gasteiger partial charge is 0.257 e. The summed E-state index contributed by atoms with van der Waals surface area (Å²) in [5.74, 6) is 1.13. The zero-order chi connectivity index (χ0) is 17.7. The normalized spacial score (nSPS) is 10.8. The third kappa shape index (κ3) is 4.85. The number of methoxy groups -OCH3 is 1. The number of anilines is 1. The predicted octanol–water partition coefficient (Wildman–Crippen LogP) is 4.79. The topological polar surface area (TPSA) is 60.5 Å². The van der Waals surface area contributed by atoms with E-state index in [2.05, 4.69) is 24.1 Å². The first-order valence-corrected chi connectivity index (χ1v) is 8.84. The molecule has 24 heavy (non-hydrogen) atoms. The molecule has 0 aliphatic carbocycles. The molecule has 0 atom stereocenters. The molecule has 1 aromatic carbocycles. The number of hydrogen-bond acceptors (Lipinski definition) is 5. The molecule has 2 rings (SSSR count). The Morgan fingerprint density at radius 1 is 1.42 bits per heavy atom. The Balaban J connectivity index is 2.16. The Hall–Kier alpha value is -1.79. The quantitative estimate of drug-likeness (QED) is 0.763. The van der Waals surface area contributed by atoms with Gasteiger partial charge in [-0.3, -0.25) is 10.1 Å². The van der Waals surface area contributed by atoms with Crippen molar-refractivity contribution in [3.63, 3.8) is 0 Å². The highest BCUT2D eigenvalue weighted by Crippen LogP contribution is 2.37. The molecule has 0 bridgehead atoms. The largest absolute Gasteiger partial charge is 0.493 e. The monoisotopic (exact) mass is 368 g/mol. The summed E-state index contributed by atoms with van der Waals surface area (Å²) in [7, 11) is 1.52. The molecule has 1 N–H and O–H groups in total. The maximum atomic E-state index is 12.4. The summed E-state index contributed by atoms with van der Waals surface area (Å²) in [6, 6.07) is 3.19. The van der Waals surface area contributed by atoms with Crippen molar-refractivity contribution < 1.29 is 14.3 Å². The molecular weight excluding hydrogens is 348 g/mol. The molecule has 0 spiro atoms. The summed E-state index contributed by atoms with van der Waals surface area (Å²) in [6.45, 7) is 6.71. The van der Waals surface area contributed by atoms with Gasteiger partial charge in [-0.15, -0.1) is 11.3 Å². The predicted molar refractivity (Wildman–Crippen MR) is 97.8 cm³/mol. The van der Waals surface area contributed by atoms with Crippen LogP contribution < -0.4 is 14.8 Å². The van der Waals surface area contributed by atoms with E-state index in [1.54, 1.807) is 18.3 Å². The molecule has 1 heterocycles. The number of aromatic nitrogens is 1. The summed E-state index contributed by atoms with van der Waals surface area (Å²) in [4.78, 5) is 17.5. The van der Waals surface area contributed by atoms with Gasteiger partial charge in [-0.2, -0.15) is 0 Å². The Bertz CT molecular complexity index is 716. The lowest BCUT2D eigenvalue weighted by atomic mass is 10.1. The molecule has 0 saturated heterocycles. The second-order valence-electron chi connectivity index (χ2n) is 5.75. The second-order valence-corrected chi connectivity index (χ2v) is 7.39. The lowest BCUT2D eigenvalue weighted by molar-refractivity contribution is 0.102. The van der Waals surface area contributed by atoms with E-state index in [0.717, 1.165) is 11.3 Å². The number of benzene rings is 1. The highest BCUT2D eigenvalue weighted by atomic mass is 35.5. The van der Waals surface area contributed by atoms with Crippen molar-refractivity contribution in [2.24, 2.45) is 5.92 Å². The highest BCUT2D eigenvalue weighted by Gasteiger charge is 2.17. The lowest BCUT2D eigenvalue weighted by Gasteiger charge is -2.14. The molecule has 5 nitrogen and oxygen atoms in total. The van der Waals surface area contributed by atoms with Crippen LogP contribution in [0, 0.1) is 12.8 Å². The fourth-order valence-electron chi connectivity index (χ4n) is 1.97. The molecule has 0 aliphatic rings. The van der Waals surface area contributed by atoms with Crippen LogP contribution in [0.25, 0.3) is 0 Å². The second kappa shape index (κ2) is 8.35. The van der Waals surface area contributed by atoms with Gasteiger partial charge in [0.2, 0.25) is 0 Å². The zero-order valence-corrected chi connectivity index (χ0v) is 15.8. The van der Waals surface area contributed by atoms with Crippen LogP contribution in [-0.4, -0.2) is 24.6 Å². The van der Waals surface area contributed by atoms with Gasteiger partial charge in [0.05, 0.1) is 18.7 Å². The number of hydrogen-bond donors (Lipinski definition) is 1. The standard InChI is InChI=1S/C17H21ClN2O3S/c1-10(2)5-6-23-15-13(18)7-12(8-14(15)22-4)16(21)20-17-19-9-11(3)24-17/h7-10H,5-6H2,1-4H3,(H,19,20,21). The summed E-state index contributed by atoms with van der Waals surface area (Å²) in [6.07, 6.45) is 2.62. The van der Waals surface area contributed by atoms with Gasteiger partial charge in [0, 0.05) is 16.6 Å². The number of carbonyl (C=O) groups is 1. The lowest BCUT2D eigenvalue weighted by Crippen LogP contribution is -2.12. The van der Waals surface area contributed by atoms with Crippen molar-refractivity contribution in [3.8, 4) is 11.5 Å². The van der Waals surface area contributed by atoms with E-state index in [9.17, 15) is 4.79 Å². The first-order valence-electron chi connectivity index (χ1n) is 7.64. The maximum Gasteiger partial charge on any atom is 0.257 e. The number of thiazole rings is 1. The summed E-state index contributed by atoms with van der Waals surface area (Å²) in [5.41, 5.74) is 0.390. The van der Waals surface area contributed by atoms with Crippen molar-refractivity contribution in [2.75, 3.05) is 19.0 Å². The molecule has 1 aromatic heterocycles. The first-order chi connectivity index (χ1) is 11.4. The molecule has 7 heteroatoms. The van der Waals surface area contributed by atoms with Crippen molar-refractivity contribution in [1.29, 1.82) is 0 Å². The van der Waals surface area contributed by atoms with Crippen LogP contribution in [0.4, 0.5) is 5.13 Å². The van der Waals surface area contributed by atoms with Gasteiger partial charge < -0.3 is 9.47 Å². The van der Waals surface area contributed by atoms with Crippen LogP contribution in [0.5, 0.6) is 11.5 Å². The van der Waals surface area contributed by atoms with E-state index in [0.29, 0.717) is 39.7 Å². The van der Waals surface area contributed by atoms with E-state index >= 15 is 0 Å². The highest BCUT2D eigenvalue weighted by molar-refractivity contribution is 7.15. The Labute approximate surface area is 151 Å². The number of amides is 1. The average Bonchev–Trinajstić information content (AvgIpc) is 2.93. The SMILES string of the molecule is COc1cc(C(=O)Nc2ncc(C)s2)cc(Cl)c1OCCC(C)C. The number of nitrogens with one attached hydrogen (secondary N) is 1. The van der Waals surface area contributed by atoms with Gasteiger partial charge >= 0.3 is 0 Å². The van der Waals surface area contributed by atoms with Gasteiger partial charge in [-0.25, -0.2) is 4.98 Å². The van der Waals surface area contributed by atoms with Crippen molar-refractivity contribution in [3.05, 3.63) is 33.8 Å². The maximum absolute atomic E-state index is 12.4. The van der Waals surface area contributed by atoms with Gasteiger partial charge in [0.1, 0.15) is 0 Å². The average molecular weight is 369 g/mol. The fraction of sp³-hybridized carbons (Fsp3) is 0.412. The number of nitrogens with zero attached hydrogens (tertiary/aromatic N) is 1. The molecule has 2 aromatic rings. The van der Waals surface area contributed by atoms with Crippen molar-refractivity contribution >= 4 is 34.0 Å². The third-order valence-corrected chi connectivity index (χ3v) is 4.38. The molecular formula is C17H21ClN2O3S. The number of carbonyl (C=O) groups excluding carboxylic acids is 1. The van der Waals surface area contributed by atoms with Gasteiger partial charge in [0.15, 0.2) is 16.6 Å². The van der Waals surface area contributed by atoms with E-state index in [-0.39, 0.29) is 5.91 Å². The number of ether oxygens (including phenoxy) is 2. The van der Waals surface area contributed by atoms with Gasteiger partial charge in [-0.05, 0) is 31.4 Å². The van der Waals surface area contributed by atoms with Crippen molar-refractivity contribution in [1.82, 2.24) is 4.98 Å². The summed E-state index contributed by atoms with van der Waals surface area (Å²) >= 11 is 7.69. The first kappa shape index (κ1) is 18.5. The molecule has 0 fully saturated rings. The minimum absolute atomic E-state index is 0.293. The van der Waals surface area contributed by atoms with E-state index in [4.69, 9.17) is 21.1 Å². The van der Waals surface area contributed by atoms with Crippen LogP contribution in [0.2, 0.25) is 5.02 Å². The fourth-order valence-corrected chi connectivity index (χ4v) is 2.89. The number of aryl methyl sites for hydroxylation is 1. The zero-order valence-electron chi connectivity index (χ0n) is 14.2. The van der Waals surface area contributed by atoms with Crippen LogP contribution in [-0.2, 0) is 0 Å². The number of rotatable bonds is 7. The van der Waals surface area contributed by atoms with Crippen LogP contribution >= 0.6 is 22.9 Å². The Kier molecular flexibility index (Phi) is 6.45. The summed E-state index contributed by atoms with van der Waals surface area (Å²) in [5, 5.41) is 3.64. The Morgan fingerprint density at radius 3 is 2.75 bits per heavy atom. The van der Waals surface area contributed by atoms with E-state index in [1.807, 2.05) is 6.92 Å². The third-order valence-electron chi connectivity index (χ3n) is 3.27. The molecule has 0 unspecified atom stereocenters. The van der Waals surface area contributed by atoms with Crippen LogP contribution in [0.3, 0.4) is 0 Å². The molecule has 0 radical (unpaired) electrons. The van der Waals surface area contributed by atoms with Gasteiger partial charge in [-0.1, -0.05) is 25.4 Å². The van der Waals surface area contributed by atoms with Gasteiger partial charge in [0.25, 0.3) is 5.91 Å². The number of halogens is 1. The Morgan fingerprint density at radius 2 is 2.17 bits per heavy atom. The minimum Gasteiger partial charge on any atom is -0.493 e.